The average molecular weight is 422 g/mol. The van der Waals surface area contributed by atoms with Gasteiger partial charge in [0.05, 0.1) is 17.6 Å². The van der Waals surface area contributed by atoms with E-state index in [0.29, 0.717) is 5.56 Å². The number of imidazole rings is 1. The van der Waals surface area contributed by atoms with Crippen LogP contribution in [0.25, 0.3) is 22.2 Å². The molecule has 0 fully saturated rings. The fourth-order valence-electron chi connectivity index (χ4n) is 3.20. The first kappa shape index (κ1) is 17.4. The van der Waals surface area contributed by atoms with E-state index >= 15 is 0 Å². The maximum atomic E-state index is 12.7. The van der Waals surface area contributed by atoms with E-state index < -0.39 is 0 Å². The lowest BCUT2D eigenvalue weighted by molar-refractivity contribution is 0.0971. The Bertz CT molecular complexity index is 1190. The van der Waals surface area contributed by atoms with E-state index in [4.69, 9.17) is 5.41 Å². The normalized spacial score (nSPS) is 11.0. The minimum absolute atomic E-state index is 0.0399. The van der Waals surface area contributed by atoms with Crippen LogP contribution in [0.15, 0.2) is 65.7 Å². The number of ketones is 1. The molecule has 27 heavy (non-hydrogen) atoms. The summed E-state index contributed by atoms with van der Waals surface area (Å²) >= 11 is 3.38. The first-order valence-electron chi connectivity index (χ1n) is 8.33. The second-order valence-electron chi connectivity index (χ2n) is 6.20. The van der Waals surface area contributed by atoms with Gasteiger partial charge in [0.2, 0.25) is 5.62 Å². The van der Waals surface area contributed by atoms with Crippen LogP contribution in [0.5, 0.6) is 0 Å². The number of hydrogen-bond acceptors (Lipinski definition) is 4. The molecule has 0 saturated heterocycles. The van der Waals surface area contributed by atoms with Gasteiger partial charge in [-0.25, -0.2) is 9.97 Å². The summed E-state index contributed by atoms with van der Waals surface area (Å²) in [6.45, 7) is 0.104. The highest BCUT2D eigenvalue weighted by Crippen LogP contribution is 2.27. The molecule has 0 unspecified atom stereocenters. The van der Waals surface area contributed by atoms with Crippen LogP contribution >= 0.6 is 15.9 Å². The first-order valence-corrected chi connectivity index (χ1v) is 9.12. The molecule has 0 aliphatic rings. The summed E-state index contributed by atoms with van der Waals surface area (Å²) in [7, 11) is 1.83. The number of carbonyl (C=O) groups is 1. The second-order valence-corrected chi connectivity index (χ2v) is 7.11. The lowest BCUT2D eigenvalue weighted by Gasteiger charge is -2.06. The Morgan fingerprint density at radius 3 is 2.52 bits per heavy atom. The highest BCUT2D eigenvalue weighted by molar-refractivity contribution is 9.10. The standard InChI is InChI=1S/C20H16BrN5O/c1-25-19-16(14-9-23-12-24-10-14)3-2-4-17(19)26(20(25)22)11-18(27)13-5-7-15(21)8-6-13/h2-10,12,22H,11H2,1H3. The van der Waals surface area contributed by atoms with Crippen LogP contribution in [0, 0.1) is 5.41 Å². The van der Waals surface area contributed by atoms with Crippen molar-refractivity contribution >= 4 is 32.7 Å². The summed E-state index contributed by atoms with van der Waals surface area (Å²) < 4.78 is 4.44. The predicted molar refractivity (Wildman–Crippen MR) is 106 cm³/mol. The van der Waals surface area contributed by atoms with E-state index in [9.17, 15) is 4.79 Å². The lowest BCUT2D eigenvalue weighted by atomic mass is 10.1. The van der Waals surface area contributed by atoms with Gasteiger partial charge in [0, 0.05) is 40.6 Å². The number of nitrogens with one attached hydrogen (secondary N) is 1. The van der Waals surface area contributed by atoms with Gasteiger partial charge >= 0.3 is 0 Å². The summed E-state index contributed by atoms with van der Waals surface area (Å²) in [5.74, 6) is -0.0399. The quantitative estimate of drug-likeness (QED) is 0.511. The highest BCUT2D eigenvalue weighted by Gasteiger charge is 2.16. The zero-order valence-electron chi connectivity index (χ0n) is 14.6. The first-order chi connectivity index (χ1) is 13.1. The zero-order valence-corrected chi connectivity index (χ0v) is 16.1. The number of fused-ring (bicyclic) bond motifs is 1. The Hall–Kier alpha value is -3.06. The molecule has 0 atom stereocenters. The smallest absolute Gasteiger partial charge is 0.203 e. The fourth-order valence-corrected chi connectivity index (χ4v) is 3.47. The van der Waals surface area contributed by atoms with E-state index in [0.717, 1.165) is 26.6 Å². The Morgan fingerprint density at radius 1 is 1.11 bits per heavy atom. The summed E-state index contributed by atoms with van der Waals surface area (Å²) in [6, 6.07) is 13.1. The molecule has 4 rings (SSSR count). The van der Waals surface area contributed by atoms with E-state index in [-0.39, 0.29) is 17.9 Å². The number of para-hydroxylation sites is 1. The van der Waals surface area contributed by atoms with Gasteiger partial charge in [-0.05, 0) is 18.2 Å². The van der Waals surface area contributed by atoms with Gasteiger partial charge in [-0.15, -0.1) is 0 Å². The Labute approximate surface area is 163 Å². The van der Waals surface area contributed by atoms with Crippen LogP contribution in [0.3, 0.4) is 0 Å². The minimum Gasteiger partial charge on any atom is -0.313 e. The monoisotopic (exact) mass is 421 g/mol. The molecule has 0 radical (unpaired) electrons. The maximum absolute atomic E-state index is 12.7. The summed E-state index contributed by atoms with van der Waals surface area (Å²) in [4.78, 5) is 20.9. The highest BCUT2D eigenvalue weighted by atomic mass is 79.9. The fraction of sp³-hybridized carbons (Fsp3) is 0.100. The van der Waals surface area contributed by atoms with Crippen molar-refractivity contribution in [1.82, 2.24) is 19.1 Å². The van der Waals surface area contributed by atoms with Crippen LogP contribution in [0.1, 0.15) is 10.4 Å². The number of benzene rings is 2. The van der Waals surface area contributed by atoms with E-state index in [1.54, 1.807) is 33.7 Å². The number of halogens is 1. The van der Waals surface area contributed by atoms with Crippen molar-refractivity contribution in [1.29, 1.82) is 5.41 Å². The summed E-state index contributed by atoms with van der Waals surface area (Å²) in [5, 5.41) is 8.51. The molecule has 2 aromatic heterocycles. The SMILES string of the molecule is Cn1c(=N)n(CC(=O)c2ccc(Br)cc2)c2cccc(-c3cncnc3)c21. The van der Waals surface area contributed by atoms with Crippen LogP contribution in [0.4, 0.5) is 0 Å². The van der Waals surface area contributed by atoms with Crippen LogP contribution in [0.2, 0.25) is 0 Å². The number of hydrogen-bond donors (Lipinski definition) is 1. The Balaban J connectivity index is 1.83. The molecule has 0 aliphatic carbocycles. The number of nitrogens with zero attached hydrogens (tertiary/aromatic N) is 4. The molecule has 0 saturated carbocycles. The van der Waals surface area contributed by atoms with E-state index in [1.807, 2.05) is 37.4 Å². The zero-order chi connectivity index (χ0) is 19.0. The molecule has 7 heteroatoms. The van der Waals surface area contributed by atoms with Crippen molar-refractivity contribution in [3.8, 4) is 11.1 Å². The lowest BCUT2D eigenvalue weighted by Crippen LogP contribution is -2.25. The average Bonchev–Trinajstić information content (AvgIpc) is 2.94. The van der Waals surface area contributed by atoms with Crippen LogP contribution < -0.4 is 5.62 Å². The molecular formula is C20H16BrN5O. The van der Waals surface area contributed by atoms with E-state index in [2.05, 4.69) is 25.9 Å². The minimum atomic E-state index is -0.0399. The van der Waals surface area contributed by atoms with Gasteiger partial charge in [-0.3, -0.25) is 10.2 Å². The van der Waals surface area contributed by atoms with Crippen LogP contribution in [-0.2, 0) is 13.6 Å². The molecule has 2 aromatic carbocycles. The molecule has 4 aromatic rings. The summed E-state index contributed by atoms with van der Waals surface area (Å²) in [5.41, 5.74) is 4.39. The number of rotatable bonds is 4. The van der Waals surface area contributed by atoms with Crippen molar-refractivity contribution in [3.05, 3.63) is 76.8 Å². The molecule has 6 nitrogen and oxygen atoms in total. The molecule has 0 amide bonds. The number of aromatic nitrogens is 4. The van der Waals surface area contributed by atoms with Crippen molar-refractivity contribution in [2.24, 2.45) is 7.05 Å². The maximum Gasteiger partial charge on any atom is 0.203 e. The molecule has 0 spiro atoms. The molecule has 1 N–H and O–H groups in total. The van der Waals surface area contributed by atoms with Gasteiger partial charge in [0.15, 0.2) is 5.78 Å². The van der Waals surface area contributed by atoms with Gasteiger partial charge in [0.25, 0.3) is 0 Å². The van der Waals surface area contributed by atoms with Crippen molar-refractivity contribution in [2.75, 3.05) is 0 Å². The second kappa shape index (κ2) is 6.92. The van der Waals surface area contributed by atoms with Crippen molar-refractivity contribution < 1.29 is 4.79 Å². The van der Waals surface area contributed by atoms with Gasteiger partial charge in [-0.1, -0.05) is 40.2 Å². The topological polar surface area (TPSA) is 76.6 Å². The Kier molecular flexibility index (Phi) is 4.45. The molecular weight excluding hydrogens is 406 g/mol. The van der Waals surface area contributed by atoms with Gasteiger partial charge in [0.1, 0.15) is 6.33 Å². The number of Topliss-reactive ketones (excluding diaryl/α,β-unsaturated/α-hetero) is 1. The third-order valence-corrected chi connectivity index (χ3v) is 5.08. The van der Waals surface area contributed by atoms with Crippen LogP contribution in [-0.4, -0.2) is 24.9 Å². The largest absolute Gasteiger partial charge is 0.313 e. The summed E-state index contributed by atoms with van der Waals surface area (Å²) in [6.07, 6.45) is 4.98. The van der Waals surface area contributed by atoms with Gasteiger partial charge in [-0.2, -0.15) is 0 Å². The molecule has 0 aliphatic heterocycles. The predicted octanol–water partition coefficient (Wildman–Crippen LogP) is 3.56. The van der Waals surface area contributed by atoms with E-state index in [1.165, 1.54) is 6.33 Å². The number of aryl methyl sites for hydroxylation is 1. The Morgan fingerprint density at radius 2 is 1.81 bits per heavy atom. The molecule has 0 bridgehead atoms. The number of carbonyl (C=O) groups excluding carboxylic acids is 1. The van der Waals surface area contributed by atoms with Crippen molar-refractivity contribution in [3.63, 3.8) is 0 Å². The van der Waals surface area contributed by atoms with Crippen molar-refractivity contribution in [2.45, 2.75) is 6.54 Å². The molecule has 134 valence electrons. The van der Waals surface area contributed by atoms with Gasteiger partial charge < -0.3 is 9.13 Å². The third-order valence-electron chi connectivity index (χ3n) is 4.55. The third kappa shape index (κ3) is 3.10. The molecule has 2 heterocycles.